The highest BCUT2D eigenvalue weighted by Gasteiger charge is 2.26. The molecule has 0 amide bonds. The number of benzene rings is 2. The highest BCUT2D eigenvalue weighted by atomic mass is 79.9. The fourth-order valence-electron chi connectivity index (χ4n) is 2.67. The third-order valence-corrected chi connectivity index (χ3v) is 4.36. The molecule has 3 rings (SSSR count). The van der Waals surface area contributed by atoms with Gasteiger partial charge in [-0.15, -0.1) is 0 Å². The fourth-order valence-corrected chi connectivity index (χ4v) is 3.44. The summed E-state index contributed by atoms with van der Waals surface area (Å²) in [5.41, 5.74) is 4.78. The van der Waals surface area contributed by atoms with Crippen LogP contribution in [-0.4, -0.2) is 0 Å². The van der Waals surface area contributed by atoms with Crippen molar-refractivity contribution in [2.45, 2.75) is 17.2 Å². The molecule has 2 aromatic carbocycles. The van der Waals surface area contributed by atoms with E-state index in [9.17, 15) is 5.26 Å². The van der Waals surface area contributed by atoms with Gasteiger partial charge in [-0.3, -0.25) is 0 Å². The van der Waals surface area contributed by atoms with Crippen molar-refractivity contribution in [2.75, 3.05) is 0 Å². The van der Waals surface area contributed by atoms with Crippen LogP contribution in [-0.2, 0) is 6.42 Å². The minimum absolute atomic E-state index is 0.153. The Morgan fingerprint density at radius 3 is 2.28 bits per heavy atom. The number of alkyl halides is 1. The van der Waals surface area contributed by atoms with Gasteiger partial charge in [0.05, 0.1) is 12.0 Å². The number of rotatable bonds is 0. The number of halogens is 1. The van der Waals surface area contributed by atoms with Crippen molar-refractivity contribution >= 4 is 15.9 Å². The first-order valence-electron chi connectivity index (χ1n) is 6.01. The van der Waals surface area contributed by atoms with Crippen LogP contribution in [0.15, 0.2) is 48.5 Å². The molecule has 0 saturated heterocycles. The Bertz CT molecular complexity index is 627. The van der Waals surface area contributed by atoms with Gasteiger partial charge in [0.15, 0.2) is 0 Å². The summed E-state index contributed by atoms with van der Waals surface area (Å²) in [6, 6.07) is 18.9. The van der Waals surface area contributed by atoms with Gasteiger partial charge in [0.1, 0.15) is 0 Å². The van der Waals surface area contributed by atoms with E-state index in [1.807, 2.05) is 24.3 Å². The van der Waals surface area contributed by atoms with Crippen molar-refractivity contribution in [2.24, 2.45) is 0 Å². The molecule has 0 spiro atoms. The smallest absolute Gasteiger partial charge is 0.0968 e. The summed E-state index contributed by atoms with van der Waals surface area (Å²) in [4.78, 5) is 0.285. The maximum atomic E-state index is 9.53. The van der Waals surface area contributed by atoms with Gasteiger partial charge in [0, 0.05) is 4.83 Å². The predicted molar refractivity (Wildman–Crippen MR) is 75.7 cm³/mol. The molecule has 0 unspecified atom stereocenters. The monoisotopic (exact) mass is 297 g/mol. The highest BCUT2D eigenvalue weighted by Crippen LogP contribution is 2.40. The van der Waals surface area contributed by atoms with Crippen LogP contribution in [0.2, 0.25) is 0 Å². The number of nitrogens with zero attached hydrogens (tertiary/aromatic N) is 1. The second kappa shape index (κ2) is 4.59. The number of fused-ring (bicyclic) bond motifs is 2. The minimum Gasteiger partial charge on any atom is -0.197 e. The van der Waals surface area contributed by atoms with Crippen molar-refractivity contribution in [3.05, 3.63) is 70.8 Å². The molecule has 1 aliphatic carbocycles. The topological polar surface area (TPSA) is 23.8 Å². The molecule has 0 aromatic heterocycles. The molecule has 2 aromatic rings. The van der Waals surface area contributed by atoms with Crippen LogP contribution in [0.5, 0.6) is 0 Å². The zero-order valence-electron chi connectivity index (χ0n) is 9.81. The van der Waals surface area contributed by atoms with Gasteiger partial charge in [0.2, 0.25) is 0 Å². The number of hydrogen-bond donors (Lipinski definition) is 0. The van der Waals surface area contributed by atoms with Crippen molar-refractivity contribution in [3.63, 3.8) is 0 Å². The fraction of sp³-hybridized carbons (Fsp3) is 0.188. The Labute approximate surface area is 115 Å². The van der Waals surface area contributed by atoms with E-state index in [1.54, 1.807) is 0 Å². The highest BCUT2D eigenvalue weighted by molar-refractivity contribution is 9.09. The molecule has 0 aliphatic heterocycles. The lowest BCUT2D eigenvalue weighted by Crippen LogP contribution is -2.00. The lowest BCUT2D eigenvalue weighted by molar-refractivity contribution is 0.954. The summed E-state index contributed by atoms with van der Waals surface area (Å²) < 4.78 is 0. The average molecular weight is 298 g/mol. The summed E-state index contributed by atoms with van der Waals surface area (Å²) in [5, 5.41) is 9.53. The van der Waals surface area contributed by atoms with Gasteiger partial charge < -0.3 is 0 Å². The maximum Gasteiger partial charge on any atom is 0.0968 e. The van der Waals surface area contributed by atoms with Crippen LogP contribution >= 0.6 is 15.9 Å². The molecule has 2 atom stereocenters. The van der Waals surface area contributed by atoms with Crippen LogP contribution in [0.3, 0.4) is 0 Å². The number of hydrogen-bond acceptors (Lipinski definition) is 1. The molecule has 1 aliphatic rings. The second-order valence-corrected chi connectivity index (χ2v) is 5.67. The first-order valence-corrected chi connectivity index (χ1v) is 6.93. The van der Waals surface area contributed by atoms with Crippen LogP contribution in [0, 0.1) is 11.3 Å². The Morgan fingerprint density at radius 1 is 0.944 bits per heavy atom. The third-order valence-electron chi connectivity index (χ3n) is 3.54. The van der Waals surface area contributed by atoms with Crippen molar-refractivity contribution in [1.82, 2.24) is 0 Å². The lowest BCUT2D eigenvalue weighted by atomic mass is 9.89. The summed E-state index contributed by atoms with van der Waals surface area (Å²) in [7, 11) is 0. The average Bonchev–Trinajstić information content (AvgIpc) is 2.53. The Morgan fingerprint density at radius 2 is 1.56 bits per heavy atom. The molecule has 18 heavy (non-hydrogen) atoms. The van der Waals surface area contributed by atoms with E-state index in [1.165, 1.54) is 11.1 Å². The summed E-state index contributed by atoms with van der Waals surface area (Å²) >= 11 is 3.75. The second-order valence-electron chi connectivity index (χ2n) is 4.56. The molecular weight excluding hydrogens is 286 g/mol. The van der Waals surface area contributed by atoms with Gasteiger partial charge in [-0.05, 0) is 28.7 Å². The maximum absolute atomic E-state index is 9.53. The number of nitriles is 1. The largest absolute Gasteiger partial charge is 0.197 e. The standard InChI is InChI=1S/C16H12BrN/c17-16-9-11-5-1-2-6-12(11)15(10-18)13-7-3-4-8-14(13)16/h1-8,15-16H,9H2/t15-,16+/m0/s1. The van der Waals surface area contributed by atoms with E-state index in [-0.39, 0.29) is 10.7 Å². The quantitative estimate of drug-likeness (QED) is 0.664. The third kappa shape index (κ3) is 1.76. The molecular formula is C16H12BrN. The molecule has 2 heteroatoms. The normalized spacial score (nSPS) is 21.3. The summed E-state index contributed by atoms with van der Waals surface area (Å²) in [6.45, 7) is 0. The van der Waals surface area contributed by atoms with Gasteiger partial charge in [-0.1, -0.05) is 64.5 Å². The molecule has 0 radical (unpaired) electrons. The molecule has 0 heterocycles. The molecule has 1 nitrogen and oxygen atoms in total. The summed E-state index contributed by atoms with van der Waals surface area (Å²) in [5.74, 6) is -0.153. The van der Waals surface area contributed by atoms with E-state index in [2.05, 4.69) is 46.3 Å². The first kappa shape index (κ1) is 11.5. The zero-order valence-corrected chi connectivity index (χ0v) is 11.4. The molecule has 0 N–H and O–H groups in total. The Hall–Kier alpha value is -1.59. The van der Waals surface area contributed by atoms with Gasteiger partial charge >= 0.3 is 0 Å². The van der Waals surface area contributed by atoms with E-state index in [0.717, 1.165) is 17.5 Å². The SMILES string of the molecule is N#C[C@H]1c2ccccc2C[C@@H](Br)c2ccccc21. The van der Waals surface area contributed by atoms with Gasteiger partial charge in [-0.25, -0.2) is 0 Å². The molecule has 88 valence electrons. The van der Waals surface area contributed by atoms with Gasteiger partial charge in [-0.2, -0.15) is 5.26 Å². The van der Waals surface area contributed by atoms with Crippen molar-refractivity contribution < 1.29 is 0 Å². The van der Waals surface area contributed by atoms with E-state index < -0.39 is 0 Å². The molecule has 0 fully saturated rings. The van der Waals surface area contributed by atoms with Crippen molar-refractivity contribution in [1.29, 1.82) is 5.26 Å². The Balaban J connectivity index is 2.27. The zero-order chi connectivity index (χ0) is 12.5. The van der Waals surface area contributed by atoms with E-state index in [4.69, 9.17) is 0 Å². The predicted octanol–water partition coefficient (Wildman–Crippen LogP) is 4.33. The van der Waals surface area contributed by atoms with Crippen molar-refractivity contribution in [3.8, 4) is 6.07 Å². The van der Waals surface area contributed by atoms with Crippen LogP contribution < -0.4 is 0 Å². The Kier molecular flexibility index (Phi) is 2.93. The van der Waals surface area contributed by atoms with Crippen LogP contribution in [0.4, 0.5) is 0 Å². The molecule has 0 saturated carbocycles. The van der Waals surface area contributed by atoms with Gasteiger partial charge in [0.25, 0.3) is 0 Å². The van der Waals surface area contributed by atoms with Crippen LogP contribution in [0.25, 0.3) is 0 Å². The van der Waals surface area contributed by atoms with E-state index >= 15 is 0 Å². The first-order chi connectivity index (χ1) is 8.81. The van der Waals surface area contributed by atoms with Crippen LogP contribution in [0.1, 0.15) is 33.0 Å². The molecule has 0 bridgehead atoms. The summed E-state index contributed by atoms with van der Waals surface area (Å²) in [6.07, 6.45) is 0.936. The van der Waals surface area contributed by atoms with E-state index in [0.29, 0.717) is 0 Å². The lowest BCUT2D eigenvalue weighted by Gasteiger charge is -2.13. The minimum atomic E-state index is -0.153.